The summed E-state index contributed by atoms with van der Waals surface area (Å²) in [5, 5.41) is 3.36. The van der Waals surface area contributed by atoms with E-state index in [4.69, 9.17) is 0 Å². The zero-order valence-electron chi connectivity index (χ0n) is 12.8. The van der Waals surface area contributed by atoms with Crippen molar-refractivity contribution in [3.8, 4) is 0 Å². The minimum Gasteiger partial charge on any atom is -0.326 e. The molecule has 0 radical (unpaired) electrons. The largest absolute Gasteiger partial charge is 0.326 e. The maximum absolute atomic E-state index is 12.0. The molecule has 2 fully saturated rings. The highest BCUT2D eigenvalue weighted by Gasteiger charge is 2.31. The minimum atomic E-state index is 0.286. The maximum atomic E-state index is 12.0. The van der Waals surface area contributed by atoms with E-state index < -0.39 is 0 Å². The predicted octanol–water partition coefficient (Wildman–Crippen LogP) is 3.01. The third kappa shape index (κ3) is 4.20. The second-order valence-corrected chi connectivity index (χ2v) is 7.04. The Bertz CT molecular complexity index is 303. The zero-order chi connectivity index (χ0) is 13.8. The van der Waals surface area contributed by atoms with Gasteiger partial charge in [0, 0.05) is 6.54 Å². The van der Waals surface area contributed by atoms with Crippen LogP contribution in [0.3, 0.4) is 0 Å². The van der Waals surface area contributed by atoms with Crippen LogP contribution in [-0.4, -0.2) is 30.1 Å². The van der Waals surface area contributed by atoms with Gasteiger partial charge in [-0.25, -0.2) is 0 Å². The molecule has 0 aromatic carbocycles. The maximum Gasteiger partial charge on any atom is 0.237 e. The van der Waals surface area contributed by atoms with Gasteiger partial charge in [-0.05, 0) is 37.0 Å². The number of nitrogens with zero attached hydrogens (tertiary/aromatic N) is 1. The molecule has 0 aromatic heterocycles. The van der Waals surface area contributed by atoms with Gasteiger partial charge in [0.2, 0.25) is 5.91 Å². The lowest BCUT2D eigenvalue weighted by molar-refractivity contribution is -0.128. The Labute approximate surface area is 118 Å². The quantitative estimate of drug-likeness (QED) is 0.829. The minimum absolute atomic E-state index is 0.286. The molecule has 1 saturated carbocycles. The number of hydrogen-bond donors (Lipinski definition) is 1. The lowest BCUT2D eigenvalue weighted by atomic mass is 9.81. The predicted molar refractivity (Wildman–Crippen MR) is 78.7 cm³/mol. The lowest BCUT2D eigenvalue weighted by Crippen LogP contribution is -2.39. The first-order valence-electron chi connectivity index (χ1n) is 8.09. The van der Waals surface area contributed by atoms with Crippen molar-refractivity contribution in [2.24, 2.45) is 17.8 Å². The molecular formula is C16H30N2O. The molecule has 1 aliphatic carbocycles. The molecule has 3 heteroatoms. The highest BCUT2D eigenvalue weighted by Crippen LogP contribution is 2.31. The first-order valence-corrected chi connectivity index (χ1v) is 8.09. The molecule has 3 nitrogen and oxygen atoms in total. The molecule has 110 valence electrons. The highest BCUT2D eigenvalue weighted by atomic mass is 16.2. The van der Waals surface area contributed by atoms with E-state index in [-0.39, 0.29) is 6.17 Å². The summed E-state index contributed by atoms with van der Waals surface area (Å²) in [5.74, 6) is 2.67. The van der Waals surface area contributed by atoms with Gasteiger partial charge in [0.1, 0.15) is 0 Å². The molecule has 1 amide bonds. The average Bonchev–Trinajstić information content (AvgIpc) is 2.67. The van der Waals surface area contributed by atoms with E-state index in [1.807, 2.05) is 0 Å². The molecule has 1 N–H and O–H groups in total. The van der Waals surface area contributed by atoms with Crippen LogP contribution in [-0.2, 0) is 4.79 Å². The van der Waals surface area contributed by atoms with Crippen LogP contribution < -0.4 is 5.32 Å². The number of carbonyl (C=O) groups is 1. The van der Waals surface area contributed by atoms with Gasteiger partial charge >= 0.3 is 0 Å². The van der Waals surface area contributed by atoms with Crippen molar-refractivity contribution in [2.45, 2.75) is 65.5 Å². The fraction of sp³-hybridized carbons (Fsp3) is 0.938. The Morgan fingerprint density at radius 1 is 1.37 bits per heavy atom. The molecule has 1 heterocycles. The number of carbonyl (C=O) groups excluding carboxylic acids is 1. The van der Waals surface area contributed by atoms with Crippen molar-refractivity contribution in [1.29, 1.82) is 0 Å². The highest BCUT2D eigenvalue weighted by molar-refractivity contribution is 5.80. The summed E-state index contributed by atoms with van der Waals surface area (Å²) < 4.78 is 0. The van der Waals surface area contributed by atoms with Gasteiger partial charge in [-0.3, -0.25) is 10.1 Å². The van der Waals surface area contributed by atoms with Gasteiger partial charge in [0.05, 0.1) is 12.7 Å². The summed E-state index contributed by atoms with van der Waals surface area (Å²) in [4.78, 5) is 14.1. The van der Waals surface area contributed by atoms with E-state index in [2.05, 4.69) is 31.0 Å². The second kappa shape index (κ2) is 6.74. The first kappa shape index (κ1) is 14.8. The molecule has 1 aliphatic heterocycles. The molecule has 0 bridgehead atoms. The van der Waals surface area contributed by atoms with Gasteiger partial charge < -0.3 is 4.90 Å². The Kier molecular flexibility index (Phi) is 5.26. The van der Waals surface area contributed by atoms with Gasteiger partial charge in [-0.1, -0.05) is 40.0 Å². The van der Waals surface area contributed by atoms with Crippen LogP contribution in [0.5, 0.6) is 0 Å². The summed E-state index contributed by atoms with van der Waals surface area (Å²) >= 11 is 0. The summed E-state index contributed by atoms with van der Waals surface area (Å²) in [5.41, 5.74) is 0. The molecule has 2 rings (SSSR count). The van der Waals surface area contributed by atoms with Crippen LogP contribution in [0.4, 0.5) is 0 Å². The van der Waals surface area contributed by atoms with Crippen LogP contribution in [0.2, 0.25) is 0 Å². The lowest BCUT2D eigenvalue weighted by Gasteiger charge is -2.30. The first-order chi connectivity index (χ1) is 9.06. The molecular weight excluding hydrogens is 236 g/mol. The topological polar surface area (TPSA) is 32.3 Å². The number of rotatable bonds is 5. The molecule has 0 aromatic rings. The fourth-order valence-electron chi connectivity index (χ4n) is 3.67. The Hall–Kier alpha value is -0.570. The van der Waals surface area contributed by atoms with Gasteiger partial charge in [-0.2, -0.15) is 0 Å². The summed E-state index contributed by atoms with van der Waals surface area (Å²) in [6.07, 6.45) is 8.08. The van der Waals surface area contributed by atoms with Crippen LogP contribution in [0.25, 0.3) is 0 Å². The summed E-state index contributed by atoms with van der Waals surface area (Å²) in [6, 6.07) is 0. The third-order valence-corrected chi connectivity index (χ3v) is 4.70. The van der Waals surface area contributed by atoms with E-state index >= 15 is 0 Å². The Morgan fingerprint density at radius 3 is 2.84 bits per heavy atom. The normalized spacial score (nSPS) is 32.3. The summed E-state index contributed by atoms with van der Waals surface area (Å²) in [6.45, 7) is 8.33. The number of nitrogens with one attached hydrogen (secondary N) is 1. The van der Waals surface area contributed by atoms with Gasteiger partial charge in [0.15, 0.2) is 0 Å². The Balaban J connectivity index is 1.80. The van der Waals surface area contributed by atoms with Crippen molar-refractivity contribution < 1.29 is 4.79 Å². The SMILES string of the molecule is CC(C)CC1NCC(=O)N1CCC1CCCC(C)C1. The van der Waals surface area contributed by atoms with Crippen molar-refractivity contribution in [3.63, 3.8) is 0 Å². The van der Waals surface area contributed by atoms with E-state index in [1.165, 1.54) is 32.1 Å². The molecule has 3 atom stereocenters. The zero-order valence-corrected chi connectivity index (χ0v) is 12.8. The third-order valence-electron chi connectivity index (χ3n) is 4.70. The molecule has 1 saturated heterocycles. The monoisotopic (exact) mass is 266 g/mol. The number of hydrogen-bond acceptors (Lipinski definition) is 2. The average molecular weight is 266 g/mol. The fourth-order valence-corrected chi connectivity index (χ4v) is 3.67. The van der Waals surface area contributed by atoms with Crippen molar-refractivity contribution in [1.82, 2.24) is 10.2 Å². The Morgan fingerprint density at radius 2 is 2.16 bits per heavy atom. The molecule has 3 unspecified atom stereocenters. The van der Waals surface area contributed by atoms with E-state index in [1.54, 1.807) is 0 Å². The van der Waals surface area contributed by atoms with Crippen LogP contribution in [0.15, 0.2) is 0 Å². The standard InChI is InChI=1S/C16H30N2O/c1-12(2)9-15-17-11-16(19)18(15)8-7-14-6-4-5-13(3)10-14/h12-15,17H,4-11H2,1-3H3. The summed E-state index contributed by atoms with van der Waals surface area (Å²) in [7, 11) is 0. The van der Waals surface area contributed by atoms with Crippen molar-refractivity contribution in [3.05, 3.63) is 0 Å². The molecule has 0 spiro atoms. The van der Waals surface area contributed by atoms with Crippen molar-refractivity contribution >= 4 is 5.91 Å². The van der Waals surface area contributed by atoms with Crippen LogP contribution >= 0.6 is 0 Å². The van der Waals surface area contributed by atoms with Crippen LogP contribution in [0, 0.1) is 17.8 Å². The smallest absolute Gasteiger partial charge is 0.237 e. The van der Waals surface area contributed by atoms with Crippen LogP contribution in [0.1, 0.15) is 59.3 Å². The van der Waals surface area contributed by atoms with E-state index in [0.29, 0.717) is 18.4 Å². The van der Waals surface area contributed by atoms with Gasteiger partial charge in [0.25, 0.3) is 0 Å². The van der Waals surface area contributed by atoms with E-state index in [0.717, 1.165) is 24.8 Å². The number of amides is 1. The second-order valence-electron chi connectivity index (χ2n) is 7.04. The van der Waals surface area contributed by atoms with E-state index in [9.17, 15) is 4.79 Å². The van der Waals surface area contributed by atoms with Gasteiger partial charge in [-0.15, -0.1) is 0 Å². The molecule has 2 aliphatic rings. The van der Waals surface area contributed by atoms with Crippen molar-refractivity contribution in [2.75, 3.05) is 13.1 Å². The molecule has 19 heavy (non-hydrogen) atoms.